The van der Waals surface area contributed by atoms with Crippen molar-refractivity contribution in [3.8, 4) is 33.8 Å². The third-order valence-corrected chi connectivity index (χ3v) is 20.8. The number of nitrogens with zero attached hydrogens (tertiary/aromatic N) is 2. The van der Waals surface area contributed by atoms with E-state index in [1.165, 1.54) is 94.2 Å². The molecule has 0 bridgehead atoms. The van der Waals surface area contributed by atoms with E-state index in [1.54, 1.807) is 0 Å². The van der Waals surface area contributed by atoms with Crippen LogP contribution in [0.15, 0.2) is 231 Å². The lowest BCUT2D eigenvalue weighted by atomic mass is 9.66. The maximum Gasteiger partial charge on any atom is 0.127 e. The predicted octanol–water partition coefficient (Wildman–Crippen LogP) is 26.0. The van der Waals surface area contributed by atoms with Gasteiger partial charge in [-0.15, -0.1) is 0 Å². The Morgan fingerprint density at radius 1 is 0.284 bits per heavy atom. The Morgan fingerprint density at radius 2 is 0.589 bits per heavy atom. The van der Waals surface area contributed by atoms with Gasteiger partial charge in [-0.1, -0.05) is 284 Å². The molecule has 0 N–H and O–H groups in total. The van der Waals surface area contributed by atoms with Gasteiger partial charge in [-0.05, 0) is 212 Å². The molecule has 95 heavy (non-hydrogen) atoms. The fourth-order valence-corrected chi connectivity index (χ4v) is 15.2. The van der Waals surface area contributed by atoms with Crippen LogP contribution in [0.3, 0.4) is 0 Å². The molecular formula is C92H98N2O. The van der Waals surface area contributed by atoms with E-state index in [1.807, 2.05) is 0 Å². The second-order valence-electron chi connectivity index (χ2n) is 33.9. The summed E-state index contributed by atoms with van der Waals surface area (Å²) in [4.78, 5) is 5.13. The third-order valence-electron chi connectivity index (χ3n) is 20.8. The van der Waals surface area contributed by atoms with Crippen LogP contribution < -0.4 is 14.5 Å². The van der Waals surface area contributed by atoms with Crippen molar-refractivity contribution in [2.24, 2.45) is 0 Å². The first-order valence-corrected chi connectivity index (χ1v) is 34.6. The second kappa shape index (κ2) is 22.9. The Kier molecular flexibility index (Phi) is 15.6. The fourth-order valence-electron chi connectivity index (χ4n) is 15.2. The van der Waals surface area contributed by atoms with Gasteiger partial charge < -0.3 is 14.5 Å². The lowest BCUT2D eigenvalue weighted by Crippen LogP contribution is -2.30. The molecular weight excluding hydrogens is 1150 g/mol. The number of rotatable bonds is 10. The molecule has 11 aromatic carbocycles. The number of hydrogen-bond acceptors (Lipinski definition) is 3. The molecule has 0 saturated heterocycles. The second-order valence-corrected chi connectivity index (χ2v) is 33.9. The lowest BCUT2D eigenvalue weighted by Gasteiger charge is -2.38. The number of fused-ring (bicyclic) bond motifs is 9. The summed E-state index contributed by atoms with van der Waals surface area (Å²) in [5, 5.41) is 2.39. The lowest BCUT2D eigenvalue weighted by molar-refractivity contribution is 0.481. The molecule has 0 fully saturated rings. The van der Waals surface area contributed by atoms with E-state index in [-0.39, 0.29) is 32.5 Å². The molecule has 0 aliphatic heterocycles. The molecule has 2 aliphatic rings. The standard InChI is InChI=1S/C92H98N2O/c1-85(2,3)59-29-31-65(32-30-59)92(66-43-55-72(56-44-66)95-71-53-41-64(42-54-71)90(16,17)18)77-57-79(93(67-45-33-60(34-46-67)86(4,5)6)68-47-35-61(36-48-68)87(7,8)9)73-25-21-22-26-74(73)81(77)83-78(92)58-80(84-82(83)75-27-23-24-28-76(75)91(84,19)20)94(69-49-37-62(38-50-69)88(10,11)12)70-51-39-63(40-52-70)89(13,14)15/h21-58H,1-20H3. The summed E-state index contributed by atoms with van der Waals surface area (Å²) in [6, 6.07) is 89.0. The first kappa shape index (κ1) is 64.8. The largest absolute Gasteiger partial charge is 0.457 e. The summed E-state index contributed by atoms with van der Waals surface area (Å²) in [6.07, 6.45) is 0. The Balaban J connectivity index is 1.20. The van der Waals surface area contributed by atoms with E-state index in [0.29, 0.717) is 0 Å². The van der Waals surface area contributed by atoms with Crippen LogP contribution in [0.1, 0.15) is 205 Å². The predicted molar refractivity (Wildman–Crippen MR) is 407 cm³/mol. The van der Waals surface area contributed by atoms with Gasteiger partial charge in [0.2, 0.25) is 0 Å². The van der Waals surface area contributed by atoms with Gasteiger partial charge in [0.25, 0.3) is 0 Å². The maximum absolute atomic E-state index is 6.88. The Bertz CT molecular complexity index is 4560. The van der Waals surface area contributed by atoms with Crippen LogP contribution in [0.25, 0.3) is 33.0 Å². The maximum atomic E-state index is 6.88. The minimum atomic E-state index is -0.923. The summed E-state index contributed by atoms with van der Waals surface area (Å²) in [5.74, 6) is 1.59. The number of ether oxygens (including phenoxy) is 1. The molecule has 3 heteroatoms. The van der Waals surface area contributed by atoms with E-state index in [9.17, 15) is 0 Å². The van der Waals surface area contributed by atoms with Gasteiger partial charge in [0.05, 0.1) is 16.8 Å². The van der Waals surface area contributed by atoms with Crippen molar-refractivity contribution in [3.05, 3.63) is 297 Å². The van der Waals surface area contributed by atoms with E-state index < -0.39 is 10.8 Å². The summed E-state index contributed by atoms with van der Waals surface area (Å²) in [5.41, 5.74) is 25.4. The van der Waals surface area contributed by atoms with Crippen LogP contribution in [0.2, 0.25) is 0 Å². The van der Waals surface area contributed by atoms with Gasteiger partial charge in [0.15, 0.2) is 0 Å². The van der Waals surface area contributed by atoms with E-state index in [2.05, 4.69) is 379 Å². The molecule has 482 valence electrons. The van der Waals surface area contributed by atoms with Crippen molar-refractivity contribution >= 4 is 44.9 Å². The highest BCUT2D eigenvalue weighted by atomic mass is 16.5. The van der Waals surface area contributed by atoms with Gasteiger partial charge in [-0.2, -0.15) is 0 Å². The van der Waals surface area contributed by atoms with Gasteiger partial charge in [0, 0.05) is 33.6 Å². The highest BCUT2D eigenvalue weighted by Gasteiger charge is 2.53. The molecule has 13 rings (SSSR count). The normalized spacial score (nSPS) is 15.3. The molecule has 0 aromatic heterocycles. The number of anilines is 6. The van der Waals surface area contributed by atoms with E-state index in [0.717, 1.165) is 51.2 Å². The van der Waals surface area contributed by atoms with Crippen LogP contribution in [-0.4, -0.2) is 0 Å². The molecule has 0 heterocycles. The van der Waals surface area contributed by atoms with Crippen LogP contribution >= 0.6 is 0 Å². The summed E-state index contributed by atoms with van der Waals surface area (Å²) >= 11 is 0. The first-order valence-electron chi connectivity index (χ1n) is 34.6. The van der Waals surface area contributed by atoms with Gasteiger partial charge in [0.1, 0.15) is 11.5 Å². The zero-order chi connectivity index (χ0) is 67.7. The van der Waals surface area contributed by atoms with Crippen molar-refractivity contribution in [2.75, 3.05) is 9.80 Å². The van der Waals surface area contributed by atoms with Crippen LogP contribution in [0.5, 0.6) is 11.5 Å². The monoisotopic (exact) mass is 1250 g/mol. The molecule has 3 nitrogen and oxygen atoms in total. The Hall–Kier alpha value is -8.92. The smallest absolute Gasteiger partial charge is 0.127 e. The van der Waals surface area contributed by atoms with Crippen molar-refractivity contribution in [3.63, 3.8) is 0 Å². The number of benzene rings is 11. The average molecular weight is 1250 g/mol. The zero-order valence-electron chi connectivity index (χ0n) is 60.2. The molecule has 0 saturated carbocycles. The Morgan fingerprint density at radius 3 is 0.989 bits per heavy atom. The average Bonchev–Trinajstić information content (AvgIpc) is 1.50. The SMILES string of the molecule is CC(C)(C)c1ccc(Oc2ccc(C3(c4ccc(C(C)(C)C)cc4)c4cc(N(c5ccc(C(C)(C)C)cc5)c5ccc(C(C)(C)C)cc5)c5c(c4-c4c3cc(N(c3ccc(C(C)(C)C)cc3)c3ccc(C(C)(C)C)cc3)c3ccccc43)-c3ccccc3C5(C)C)cc2)cc1. The molecule has 0 radical (unpaired) electrons. The van der Waals surface area contributed by atoms with E-state index in [4.69, 9.17) is 4.74 Å². The highest BCUT2D eigenvalue weighted by molar-refractivity contribution is 6.15. The van der Waals surface area contributed by atoms with Crippen molar-refractivity contribution in [2.45, 2.75) is 182 Å². The minimum absolute atomic E-state index is 0.0199. The minimum Gasteiger partial charge on any atom is -0.457 e. The van der Waals surface area contributed by atoms with Gasteiger partial charge >= 0.3 is 0 Å². The van der Waals surface area contributed by atoms with Crippen molar-refractivity contribution in [1.82, 2.24) is 0 Å². The van der Waals surface area contributed by atoms with Crippen LogP contribution in [-0.2, 0) is 43.3 Å². The van der Waals surface area contributed by atoms with Crippen molar-refractivity contribution in [1.29, 1.82) is 0 Å². The molecule has 2 aliphatic carbocycles. The first-order chi connectivity index (χ1) is 44.6. The fraction of sp³-hybridized carbons (Fsp3) is 0.304. The molecule has 1 unspecified atom stereocenters. The topological polar surface area (TPSA) is 15.7 Å². The van der Waals surface area contributed by atoms with Gasteiger partial charge in [-0.25, -0.2) is 0 Å². The van der Waals surface area contributed by atoms with Crippen LogP contribution in [0, 0.1) is 0 Å². The molecule has 11 aromatic rings. The zero-order valence-corrected chi connectivity index (χ0v) is 60.2. The molecule has 1 atom stereocenters. The molecule has 0 spiro atoms. The van der Waals surface area contributed by atoms with E-state index >= 15 is 0 Å². The quantitative estimate of drug-likeness (QED) is 0.136. The molecule has 0 amide bonds. The summed E-state index contributed by atoms with van der Waals surface area (Å²) in [6.45, 7) is 46.4. The van der Waals surface area contributed by atoms with Crippen LogP contribution in [0.4, 0.5) is 34.1 Å². The summed E-state index contributed by atoms with van der Waals surface area (Å²) in [7, 11) is 0. The van der Waals surface area contributed by atoms with Gasteiger partial charge in [-0.3, -0.25) is 0 Å². The highest BCUT2D eigenvalue weighted by Crippen LogP contribution is 2.67. The van der Waals surface area contributed by atoms with Crippen molar-refractivity contribution < 1.29 is 4.74 Å². The number of hydrogen-bond donors (Lipinski definition) is 0. The Labute approximate surface area is 568 Å². The summed E-state index contributed by atoms with van der Waals surface area (Å²) < 4.78 is 6.88. The third kappa shape index (κ3) is 11.4.